The lowest BCUT2D eigenvalue weighted by atomic mass is 10.2. The summed E-state index contributed by atoms with van der Waals surface area (Å²) < 4.78 is 0. The number of hydrogen-bond acceptors (Lipinski definition) is 3. The van der Waals surface area contributed by atoms with Crippen LogP contribution in [0.25, 0.3) is 0 Å². The second kappa shape index (κ2) is 10.2. The smallest absolute Gasteiger partial charge is 0.00717 e. The van der Waals surface area contributed by atoms with Crippen molar-refractivity contribution in [2.45, 2.75) is 38.6 Å². The summed E-state index contributed by atoms with van der Waals surface area (Å²) in [6, 6.07) is 0.735. The van der Waals surface area contributed by atoms with Crippen LogP contribution in [0.15, 0.2) is 0 Å². The first-order valence-electron chi connectivity index (χ1n) is 5.52. The maximum Gasteiger partial charge on any atom is 0.00717 e. The van der Waals surface area contributed by atoms with E-state index in [0.717, 1.165) is 11.8 Å². The van der Waals surface area contributed by atoms with E-state index < -0.39 is 0 Å². The molecule has 0 bridgehead atoms. The summed E-state index contributed by atoms with van der Waals surface area (Å²) in [6.45, 7) is 3.57. The second-order valence-corrected chi connectivity index (χ2v) is 5.33. The number of rotatable bonds is 9. The summed E-state index contributed by atoms with van der Waals surface area (Å²) >= 11 is 6.16. The molecule has 3 heteroatoms. The summed E-state index contributed by atoms with van der Waals surface area (Å²) in [4.78, 5) is 2.48. The summed E-state index contributed by atoms with van der Waals surface area (Å²) in [6.07, 6.45) is 7.39. The molecule has 0 heterocycles. The monoisotopic (exact) mass is 235 g/mol. The van der Waals surface area contributed by atoms with Crippen molar-refractivity contribution < 1.29 is 0 Å². The van der Waals surface area contributed by atoms with Crippen molar-refractivity contribution in [1.82, 2.24) is 4.90 Å². The van der Waals surface area contributed by atoms with Crippen molar-refractivity contribution in [3.8, 4) is 0 Å². The Balaban J connectivity index is 3.36. The van der Waals surface area contributed by atoms with Gasteiger partial charge in [-0.25, -0.2) is 0 Å². The number of nitrogens with zero attached hydrogens (tertiary/aromatic N) is 1. The lowest BCUT2D eigenvalue weighted by Crippen LogP contribution is -2.30. The van der Waals surface area contributed by atoms with Crippen LogP contribution in [0.4, 0.5) is 0 Å². The SMILES string of the molecule is CSCCC(C)N(C)CCCCCS. The largest absolute Gasteiger partial charge is 0.304 e. The minimum atomic E-state index is 0.735. The Bertz CT molecular complexity index is 120. The van der Waals surface area contributed by atoms with E-state index >= 15 is 0 Å². The van der Waals surface area contributed by atoms with E-state index in [1.807, 2.05) is 11.8 Å². The summed E-state index contributed by atoms with van der Waals surface area (Å²) in [5, 5.41) is 0. The molecule has 0 saturated heterocycles. The molecule has 0 amide bonds. The van der Waals surface area contributed by atoms with Crippen molar-refractivity contribution in [2.24, 2.45) is 0 Å². The molecule has 86 valence electrons. The molecule has 0 aromatic heterocycles. The van der Waals surface area contributed by atoms with Crippen LogP contribution < -0.4 is 0 Å². The third-order valence-corrected chi connectivity index (χ3v) is 3.62. The fourth-order valence-corrected chi connectivity index (χ4v) is 2.18. The van der Waals surface area contributed by atoms with Gasteiger partial charge in [-0.15, -0.1) is 0 Å². The van der Waals surface area contributed by atoms with E-state index in [1.165, 1.54) is 38.0 Å². The summed E-state index contributed by atoms with van der Waals surface area (Å²) in [5.74, 6) is 2.31. The normalized spacial score (nSPS) is 13.5. The van der Waals surface area contributed by atoms with Gasteiger partial charge in [-0.1, -0.05) is 6.42 Å². The Labute approximate surface area is 99.4 Å². The van der Waals surface area contributed by atoms with Gasteiger partial charge < -0.3 is 4.90 Å². The van der Waals surface area contributed by atoms with Gasteiger partial charge in [-0.2, -0.15) is 24.4 Å². The van der Waals surface area contributed by atoms with Crippen LogP contribution in [0.1, 0.15) is 32.6 Å². The molecule has 1 unspecified atom stereocenters. The highest BCUT2D eigenvalue weighted by Gasteiger charge is 2.07. The van der Waals surface area contributed by atoms with E-state index in [4.69, 9.17) is 0 Å². The van der Waals surface area contributed by atoms with Crippen LogP contribution in [0.2, 0.25) is 0 Å². The van der Waals surface area contributed by atoms with Gasteiger partial charge in [0, 0.05) is 6.04 Å². The van der Waals surface area contributed by atoms with Crippen LogP contribution in [-0.4, -0.2) is 42.3 Å². The van der Waals surface area contributed by atoms with Crippen molar-refractivity contribution in [1.29, 1.82) is 0 Å². The van der Waals surface area contributed by atoms with Gasteiger partial charge in [0.15, 0.2) is 0 Å². The molecule has 0 N–H and O–H groups in total. The molecule has 0 aliphatic rings. The molecular formula is C11H25NS2. The van der Waals surface area contributed by atoms with E-state index in [0.29, 0.717) is 0 Å². The summed E-state index contributed by atoms with van der Waals surface area (Å²) in [5.41, 5.74) is 0. The van der Waals surface area contributed by atoms with Gasteiger partial charge in [-0.05, 0) is 57.5 Å². The molecule has 0 aromatic rings. The minimum absolute atomic E-state index is 0.735. The molecular weight excluding hydrogens is 210 g/mol. The topological polar surface area (TPSA) is 3.24 Å². The molecule has 1 atom stereocenters. The Hall–Kier alpha value is 0.660. The van der Waals surface area contributed by atoms with Gasteiger partial charge in [0.25, 0.3) is 0 Å². The fraction of sp³-hybridized carbons (Fsp3) is 1.00. The van der Waals surface area contributed by atoms with Crippen LogP contribution in [0.5, 0.6) is 0 Å². The minimum Gasteiger partial charge on any atom is -0.304 e. The van der Waals surface area contributed by atoms with E-state index in [-0.39, 0.29) is 0 Å². The van der Waals surface area contributed by atoms with Crippen molar-refractivity contribution >= 4 is 24.4 Å². The zero-order valence-corrected chi connectivity index (χ0v) is 11.5. The average molecular weight is 235 g/mol. The average Bonchev–Trinajstić information content (AvgIpc) is 2.20. The van der Waals surface area contributed by atoms with Crippen LogP contribution in [0.3, 0.4) is 0 Å². The first-order valence-corrected chi connectivity index (χ1v) is 7.55. The zero-order valence-electron chi connectivity index (χ0n) is 9.83. The van der Waals surface area contributed by atoms with E-state index in [1.54, 1.807) is 0 Å². The molecule has 0 aromatic carbocycles. The lowest BCUT2D eigenvalue weighted by molar-refractivity contribution is 0.248. The van der Waals surface area contributed by atoms with Gasteiger partial charge in [0.05, 0.1) is 0 Å². The van der Waals surface area contributed by atoms with E-state index in [9.17, 15) is 0 Å². The van der Waals surface area contributed by atoms with Crippen molar-refractivity contribution in [3.05, 3.63) is 0 Å². The van der Waals surface area contributed by atoms with Gasteiger partial charge in [0.2, 0.25) is 0 Å². The predicted molar refractivity (Wildman–Crippen MR) is 72.8 cm³/mol. The second-order valence-electron chi connectivity index (χ2n) is 3.90. The first-order chi connectivity index (χ1) is 6.72. The molecule has 0 fully saturated rings. The Kier molecular flexibility index (Phi) is 10.7. The molecule has 0 radical (unpaired) electrons. The molecule has 0 saturated carbocycles. The zero-order chi connectivity index (χ0) is 10.8. The molecule has 0 spiro atoms. The number of hydrogen-bond donors (Lipinski definition) is 1. The number of thiol groups is 1. The molecule has 14 heavy (non-hydrogen) atoms. The van der Waals surface area contributed by atoms with Crippen molar-refractivity contribution in [2.75, 3.05) is 31.4 Å². The van der Waals surface area contributed by atoms with Gasteiger partial charge >= 0.3 is 0 Å². The van der Waals surface area contributed by atoms with Gasteiger partial charge in [-0.3, -0.25) is 0 Å². The van der Waals surface area contributed by atoms with Gasteiger partial charge in [0.1, 0.15) is 0 Å². The Morgan fingerprint density at radius 2 is 2.00 bits per heavy atom. The van der Waals surface area contributed by atoms with Crippen molar-refractivity contribution in [3.63, 3.8) is 0 Å². The third-order valence-electron chi connectivity index (χ3n) is 2.66. The highest BCUT2D eigenvalue weighted by Crippen LogP contribution is 2.07. The molecule has 0 aliphatic carbocycles. The van der Waals surface area contributed by atoms with Crippen LogP contribution in [0, 0.1) is 0 Å². The standard InChI is InChI=1S/C11H25NS2/c1-11(7-10-14-3)12(2)8-5-4-6-9-13/h11,13H,4-10H2,1-3H3. The Morgan fingerprint density at radius 3 is 2.57 bits per heavy atom. The predicted octanol–water partition coefficient (Wildman–Crippen LogP) is 3.16. The Morgan fingerprint density at radius 1 is 1.29 bits per heavy atom. The fourth-order valence-electron chi connectivity index (χ4n) is 1.38. The molecule has 0 rings (SSSR count). The highest BCUT2D eigenvalue weighted by molar-refractivity contribution is 7.98. The third kappa shape index (κ3) is 8.01. The van der Waals surface area contributed by atoms with Crippen LogP contribution in [-0.2, 0) is 0 Å². The lowest BCUT2D eigenvalue weighted by Gasteiger charge is -2.24. The first kappa shape index (κ1) is 14.7. The van der Waals surface area contributed by atoms with Crippen LogP contribution >= 0.6 is 24.4 Å². The quantitative estimate of drug-likeness (QED) is 0.483. The molecule has 0 aliphatic heterocycles. The number of unbranched alkanes of at least 4 members (excludes halogenated alkanes) is 2. The molecule has 1 nitrogen and oxygen atoms in total. The number of thioether (sulfide) groups is 1. The van der Waals surface area contributed by atoms with E-state index in [2.05, 4.69) is 37.8 Å². The maximum atomic E-state index is 4.22. The highest BCUT2D eigenvalue weighted by atomic mass is 32.2. The summed E-state index contributed by atoms with van der Waals surface area (Å²) in [7, 11) is 2.24. The maximum absolute atomic E-state index is 4.22.